The third-order valence-corrected chi connectivity index (χ3v) is 5.37. The van der Waals surface area contributed by atoms with Crippen LogP contribution in [0.5, 0.6) is 5.75 Å². The van der Waals surface area contributed by atoms with Crippen LogP contribution in [0.1, 0.15) is 16.7 Å². The molecule has 2 N–H and O–H groups in total. The van der Waals surface area contributed by atoms with Gasteiger partial charge in [0, 0.05) is 26.7 Å². The standard InChI is InChI=1S/C25H17Cl2N5O2/c26-19-10-11-22(34-15-17-8-4-5-9-21(17)27)18(12-19)14-29-32-25-30-23(16-6-2-1-3-7-16)20(13-28)24(33)31-25/h1-12,14H,15H2,(H2,30,31,32,33). The molecule has 34 heavy (non-hydrogen) atoms. The van der Waals surface area contributed by atoms with E-state index >= 15 is 0 Å². The van der Waals surface area contributed by atoms with Crippen molar-refractivity contribution in [1.82, 2.24) is 9.97 Å². The van der Waals surface area contributed by atoms with Crippen molar-refractivity contribution in [2.45, 2.75) is 6.61 Å². The molecule has 4 rings (SSSR count). The quantitative estimate of drug-likeness (QED) is 0.258. The molecule has 9 heteroatoms. The molecule has 0 bridgehead atoms. The fraction of sp³-hybridized carbons (Fsp3) is 0.0400. The molecule has 1 heterocycles. The largest absolute Gasteiger partial charge is 0.488 e. The molecule has 0 amide bonds. The number of hydrogen-bond donors (Lipinski definition) is 2. The van der Waals surface area contributed by atoms with E-state index in [1.165, 1.54) is 6.21 Å². The Bertz CT molecular complexity index is 1450. The van der Waals surface area contributed by atoms with Crippen LogP contribution in [0.2, 0.25) is 10.0 Å². The van der Waals surface area contributed by atoms with Crippen LogP contribution >= 0.6 is 23.2 Å². The van der Waals surface area contributed by atoms with E-state index in [9.17, 15) is 10.1 Å². The van der Waals surface area contributed by atoms with E-state index in [-0.39, 0.29) is 23.8 Å². The van der Waals surface area contributed by atoms with E-state index in [2.05, 4.69) is 20.5 Å². The number of ether oxygens (including phenoxy) is 1. The van der Waals surface area contributed by atoms with Gasteiger partial charge in [0.05, 0.1) is 11.9 Å². The van der Waals surface area contributed by atoms with Gasteiger partial charge in [-0.3, -0.25) is 9.78 Å². The molecule has 1 aromatic heterocycles. The van der Waals surface area contributed by atoms with Crippen LogP contribution in [0.4, 0.5) is 5.95 Å². The second kappa shape index (κ2) is 10.7. The maximum atomic E-state index is 12.4. The fourth-order valence-electron chi connectivity index (χ4n) is 3.12. The van der Waals surface area contributed by atoms with Gasteiger partial charge in [-0.2, -0.15) is 10.4 Å². The van der Waals surface area contributed by atoms with E-state index < -0.39 is 5.56 Å². The molecule has 0 aliphatic rings. The van der Waals surface area contributed by atoms with Crippen molar-refractivity contribution >= 4 is 35.4 Å². The maximum Gasteiger partial charge on any atom is 0.270 e. The Balaban J connectivity index is 1.56. The third kappa shape index (κ3) is 5.44. The SMILES string of the molecule is N#Cc1c(-c2ccccc2)nc(NN=Cc2cc(Cl)ccc2OCc2ccccc2Cl)[nH]c1=O. The van der Waals surface area contributed by atoms with Crippen LogP contribution in [-0.2, 0) is 6.61 Å². The third-order valence-electron chi connectivity index (χ3n) is 4.77. The Hall–Kier alpha value is -4.12. The molecular formula is C25H17Cl2N5O2. The Labute approximate surface area is 205 Å². The van der Waals surface area contributed by atoms with Crippen molar-refractivity contribution in [2.24, 2.45) is 5.10 Å². The van der Waals surface area contributed by atoms with Crippen LogP contribution in [0.25, 0.3) is 11.3 Å². The number of H-pyrrole nitrogens is 1. The molecule has 0 fully saturated rings. The highest BCUT2D eigenvalue weighted by Crippen LogP contribution is 2.24. The second-order valence-corrected chi connectivity index (χ2v) is 7.89. The van der Waals surface area contributed by atoms with Gasteiger partial charge in [0.15, 0.2) is 0 Å². The van der Waals surface area contributed by atoms with E-state index in [4.69, 9.17) is 27.9 Å². The van der Waals surface area contributed by atoms with Crippen LogP contribution in [0.15, 0.2) is 82.7 Å². The summed E-state index contributed by atoms with van der Waals surface area (Å²) in [7, 11) is 0. The van der Waals surface area contributed by atoms with Crippen molar-refractivity contribution in [2.75, 3.05) is 5.43 Å². The molecule has 0 aliphatic carbocycles. The molecule has 0 unspecified atom stereocenters. The summed E-state index contributed by atoms with van der Waals surface area (Å²) in [5, 5.41) is 14.7. The summed E-state index contributed by atoms with van der Waals surface area (Å²) < 4.78 is 5.92. The Kier molecular flexibility index (Phi) is 7.23. The van der Waals surface area contributed by atoms with Crippen molar-refractivity contribution < 1.29 is 4.74 Å². The van der Waals surface area contributed by atoms with Gasteiger partial charge in [0.25, 0.3) is 5.56 Å². The number of aromatic amines is 1. The molecule has 0 atom stereocenters. The highest BCUT2D eigenvalue weighted by Gasteiger charge is 2.13. The highest BCUT2D eigenvalue weighted by atomic mass is 35.5. The predicted octanol–water partition coefficient (Wildman–Crippen LogP) is 5.64. The first-order chi connectivity index (χ1) is 16.5. The first kappa shape index (κ1) is 23.1. The summed E-state index contributed by atoms with van der Waals surface area (Å²) in [5.74, 6) is 0.626. The summed E-state index contributed by atoms with van der Waals surface area (Å²) in [6.07, 6.45) is 1.49. The van der Waals surface area contributed by atoms with Gasteiger partial charge in [0.2, 0.25) is 5.95 Å². The average Bonchev–Trinajstić information content (AvgIpc) is 2.84. The van der Waals surface area contributed by atoms with Crippen LogP contribution in [-0.4, -0.2) is 16.2 Å². The van der Waals surface area contributed by atoms with Gasteiger partial charge in [0.1, 0.15) is 24.0 Å². The Morgan fingerprint density at radius 2 is 1.85 bits per heavy atom. The lowest BCUT2D eigenvalue weighted by Crippen LogP contribution is -2.16. The van der Waals surface area contributed by atoms with Gasteiger partial charge >= 0.3 is 0 Å². The van der Waals surface area contributed by atoms with Gasteiger partial charge in [-0.05, 0) is 24.3 Å². The zero-order chi connectivity index (χ0) is 23.9. The van der Waals surface area contributed by atoms with E-state index in [0.29, 0.717) is 26.9 Å². The number of nitrogens with zero attached hydrogens (tertiary/aromatic N) is 3. The minimum absolute atomic E-state index is 0.0779. The number of hydrogen-bond acceptors (Lipinski definition) is 6. The Morgan fingerprint density at radius 1 is 1.09 bits per heavy atom. The zero-order valence-electron chi connectivity index (χ0n) is 17.6. The van der Waals surface area contributed by atoms with E-state index in [1.54, 1.807) is 48.5 Å². The lowest BCUT2D eigenvalue weighted by Gasteiger charge is -2.11. The van der Waals surface area contributed by atoms with Gasteiger partial charge in [-0.1, -0.05) is 71.7 Å². The van der Waals surface area contributed by atoms with Crippen LogP contribution in [0.3, 0.4) is 0 Å². The topological polar surface area (TPSA) is 103 Å². The monoisotopic (exact) mass is 489 g/mol. The summed E-state index contributed by atoms with van der Waals surface area (Å²) in [4.78, 5) is 19.3. The highest BCUT2D eigenvalue weighted by molar-refractivity contribution is 6.31. The zero-order valence-corrected chi connectivity index (χ0v) is 19.1. The minimum atomic E-state index is -0.569. The normalized spacial score (nSPS) is 10.7. The molecule has 0 saturated carbocycles. The number of anilines is 1. The first-order valence-corrected chi connectivity index (χ1v) is 10.9. The predicted molar refractivity (Wildman–Crippen MR) is 133 cm³/mol. The summed E-state index contributed by atoms with van der Waals surface area (Å²) >= 11 is 12.4. The average molecular weight is 490 g/mol. The summed E-state index contributed by atoms with van der Waals surface area (Å²) in [5.41, 5.74) is 4.40. The van der Waals surface area contributed by atoms with Gasteiger partial charge in [-0.15, -0.1) is 0 Å². The number of rotatable bonds is 7. The lowest BCUT2D eigenvalue weighted by atomic mass is 10.1. The molecule has 4 aromatic rings. The number of hydrazone groups is 1. The number of nitriles is 1. The van der Waals surface area contributed by atoms with E-state index in [1.807, 2.05) is 30.3 Å². The molecule has 168 valence electrons. The summed E-state index contributed by atoms with van der Waals surface area (Å²) in [6.45, 7) is 0.264. The number of halogens is 2. The Morgan fingerprint density at radius 3 is 2.62 bits per heavy atom. The molecule has 3 aromatic carbocycles. The molecular weight excluding hydrogens is 473 g/mol. The lowest BCUT2D eigenvalue weighted by molar-refractivity contribution is 0.306. The fourth-order valence-corrected chi connectivity index (χ4v) is 3.49. The molecule has 0 spiro atoms. The molecule has 7 nitrogen and oxygen atoms in total. The van der Waals surface area contributed by atoms with Crippen molar-refractivity contribution in [3.8, 4) is 23.1 Å². The van der Waals surface area contributed by atoms with Gasteiger partial charge in [-0.25, -0.2) is 10.4 Å². The maximum absolute atomic E-state index is 12.4. The number of nitrogens with one attached hydrogen (secondary N) is 2. The van der Waals surface area contributed by atoms with Crippen LogP contribution in [0, 0.1) is 11.3 Å². The first-order valence-electron chi connectivity index (χ1n) is 10.1. The smallest absolute Gasteiger partial charge is 0.270 e. The van der Waals surface area contributed by atoms with Crippen molar-refractivity contribution in [3.05, 3.63) is 110 Å². The molecule has 0 aliphatic heterocycles. The van der Waals surface area contributed by atoms with E-state index in [0.717, 1.165) is 5.56 Å². The number of benzene rings is 3. The van der Waals surface area contributed by atoms with Crippen molar-refractivity contribution in [1.29, 1.82) is 5.26 Å². The molecule has 0 saturated heterocycles. The van der Waals surface area contributed by atoms with Crippen molar-refractivity contribution in [3.63, 3.8) is 0 Å². The second-order valence-electron chi connectivity index (χ2n) is 7.05. The van der Waals surface area contributed by atoms with Crippen LogP contribution < -0.4 is 15.7 Å². The van der Waals surface area contributed by atoms with Gasteiger partial charge < -0.3 is 4.74 Å². The summed E-state index contributed by atoms with van der Waals surface area (Å²) in [6, 6.07) is 23.4. The minimum Gasteiger partial charge on any atom is -0.488 e. The molecule has 0 radical (unpaired) electrons. The number of aromatic nitrogens is 2.